The summed E-state index contributed by atoms with van der Waals surface area (Å²) in [6.45, 7) is 0. The van der Waals surface area contributed by atoms with Crippen molar-refractivity contribution >= 4 is 45.8 Å². The summed E-state index contributed by atoms with van der Waals surface area (Å²) in [5.41, 5.74) is 3.88. The molecule has 2 aromatic heterocycles. The summed E-state index contributed by atoms with van der Waals surface area (Å²) >= 11 is 12.1. The highest BCUT2D eigenvalue weighted by Gasteiger charge is 2.11. The van der Waals surface area contributed by atoms with Crippen molar-refractivity contribution in [3.05, 3.63) is 82.7 Å². The molecule has 2 heterocycles. The molecule has 0 aliphatic heterocycles. The van der Waals surface area contributed by atoms with E-state index in [1.165, 1.54) is 6.20 Å². The molecule has 0 aliphatic rings. The maximum absolute atomic E-state index is 12.4. The van der Waals surface area contributed by atoms with Crippen LogP contribution < -0.4 is 5.32 Å². The molecule has 132 valence electrons. The number of pyridine rings is 1. The second kappa shape index (κ2) is 7.31. The molecule has 0 spiro atoms. The van der Waals surface area contributed by atoms with Gasteiger partial charge < -0.3 is 5.32 Å². The quantitative estimate of drug-likeness (QED) is 0.481. The molecular weight excluding hydrogens is 383 g/mol. The molecular formula is C20H12Cl2N4O. The van der Waals surface area contributed by atoms with Gasteiger partial charge in [0.05, 0.1) is 33.5 Å². The minimum Gasteiger partial charge on any atom is -0.322 e. The number of fused-ring (bicyclic) bond motifs is 1. The number of rotatable bonds is 3. The lowest BCUT2D eigenvalue weighted by atomic mass is 10.1. The normalized spacial score (nSPS) is 10.7. The van der Waals surface area contributed by atoms with Gasteiger partial charge in [-0.1, -0.05) is 35.3 Å². The Kier molecular flexibility index (Phi) is 4.71. The number of carbonyl (C=O) groups is 1. The number of anilines is 1. The van der Waals surface area contributed by atoms with Gasteiger partial charge in [0.15, 0.2) is 0 Å². The van der Waals surface area contributed by atoms with Crippen molar-refractivity contribution in [2.75, 3.05) is 5.32 Å². The van der Waals surface area contributed by atoms with Gasteiger partial charge in [-0.15, -0.1) is 0 Å². The van der Waals surface area contributed by atoms with Crippen LogP contribution in [-0.4, -0.2) is 20.9 Å². The summed E-state index contributed by atoms with van der Waals surface area (Å²) in [4.78, 5) is 25.3. The van der Waals surface area contributed by atoms with Crippen molar-refractivity contribution in [1.29, 1.82) is 0 Å². The lowest BCUT2D eigenvalue weighted by Gasteiger charge is -2.09. The van der Waals surface area contributed by atoms with Crippen LogP contribution in [0.4, 0.5) is 5.69 Å². The minimum atomic E-state index is -0.294. The van der Waals surface area contributed by atoms with Gasteiger partial charge in [0, 0.05) is 17.4 Å². The highest BCUT2D eigenvalue weighted by Crippen LogP contribution is 2.30. The Hall–Kier alpha value is -3.02. The number of nitrogens with zero attached hydrogens (tertiary/aromatic N) is 3. The van der Waals surface area contributed by atoms with Crippen LogP contribution in [0.2, 0.25) is 10.2 Å². The van der Waals surface area contributed by atoms with Crippen molar-refractivity contribution < 1.29 is 4.79 Å². The molecule has 0 saturated heterocycles. The van der Waals surface area contributed by atoms with Gasteiger partial charge in [-0.3, -0.25) is 9.78 Å². The molecule has 1 amide bonds. The number of hydrogen-bond donors (Lipinski definition) is 1. The predicted octanol–water partition coefficient (Wildman–Crippen LogP) is 5.25. The van der Waals surface area contributed by atoms with Crippen molar-refractivity contribution in [2.24, 2.45) is 0 Å². The predicted molar refractivity (Wildman–Crippen MR) is 107 cm³/mol. The monoisotopic (exact) mass is 394 g/mol. The third-order valence-corrected chi connectivity index (χ3v) is 4.49. The summed E-state index contributed by atoms with van der Waals surface area (Å²) in [6, 6.07) is 16.0. The summed E-state index contributed by atoms with van der Waals surface area (Å²) in [5, 5.41) is 3.67. The molecule has 4 rings (SSSR count). The van der Waals surface area contributed by atoms with E-state index in [4.69, 9.17) is 23.2 Å². The fourth-order valence-electron chi connectivity index (χ4n) is 2.60. The van der Waals surface area contributed by atoms with E-state index in [1.54, 1.807) is 36.5 Å². The van der Waals surface area contributed by atoms with Crippen LogP contribution in [0.5, 0.6) is 0 Å². The van der Waals surface area contributed by atoms with E-state index < -0.39 is 0 Å². The first-order chi connectivity index (χ1) is 13.1. The van der Waals surface area contributed by atoms with E-state index >= 15 is 0 Å². The summed E-state index contributed by atoms with van der Waals surface area (Å²) in [7, 11) is 0. The highest BCUT2D eigenvalue weighted by molar-refractivity contribution is 6.33. The van der Waals surface area contributed by atoms with E-state index in [-0.39, 0.29) is 5.91 Å². The molecule has 0 bridgehead atoms. The molecule has 7 heteroatoms. The molecule has 27 heavy (non-hydrogen) atoms. The minimum absolute atomic E-state index is 0.294. The van der Waals surface area contributed by atoms with E-state index in [9.17, 15) is 4.79 Å². The maximum Gasteiger partial charge on any atom is 0.257 e. The van der Waals surface area contributed by atoms with E-state index in [2.05, 4.69) is 20.3 Å². The Balaban J connectivity index is 1.66. The molecule has 4 aromatic rings. The van der Waals surface area contributed by atoms with Crippen LogP contribution in [0.1, 0.15) is 10.4 Å². The number of benzene rings is 2. The standard InChI is InChI=1S/C20H12Cl2N4O/c21-15-7-6-13(25-20(27)12-5-8-19(22)24-10-12)9-14(15)18-11-23-16-3-1-2-4-17(16)26-18/h1-11H,(H,25,27). The number of para-hydroxylation sites is 2. The molecule has 0 fully saturated rings. The van der Waals surface area contributed by atoms with Crippen molar-refractivity contribution in [3.8, 4) is 11.3 Å². The van der Waals surface area contributed by atoms with Gasteiger partial charge in [-0.05, 0) is 42.5 Å². The van der Waals surface area contributed by atoms with Crippen LogP contribution >= 0.6 is 23.2 Å². The molecule has 5 nitrogen and oxygen atoms in total. The van der Waals surface area contributed by atoms with Gasteiger partial charge in [-0.2, -0.15) is 0 Å². The first kappa shape index (κ1) is 17.4. The molecule has 0 aliphatic carbocycles. The third kappa shape index (κ3) is 3.74. The van der Waals surface area contributed by atoms with E-state index in [0.29, 0.717) is 32.7 Å². The largest absolute Gasteiger partial charge is 0.322 e. The zero-order chi connectivity index (χ0) is 18.8. The highest BCUT2D eigenvalue weighted by atomic mass is 35.5. The van der Waals surface area contributed by atoms with Crippen molar-refractivity contribution in [2.45, 2.75) is 0 Å². The number of hydrogen-bond acceptors (Lipinski definition) is 4. The number of nitrogens with one attached hydrogen (secondary N) is 1. The van der Waals surface area contributed by atoms with E-state index in [1.807, 2.05) is 24.3 Å². The van der Waals surface area contributed by atoms with Gasteiger partial charge in [0.2, 0.25) is 0 Å². The molecule has 0 saturated carbocycles. The zero-order valence-electron chi connectivity index (χ0n) is 13.9. The SMILES string of the molecule is O=C(Nc1ccc(Cl)c(-c2cnc3ccccc3n2)c1)c1ccc(Cl)nc1. The smallest absolute Gasteiger partial charge is 0.257 e. The average Bonchev–Trinajstić information content (AvgIpc) is 2.69. The summed E-state index contributed by atoms with van der Waals surface area (Å²) in [5.74, 6) is -0.294. The van der Waals surface area contributed by atoms with Crippen LogP contribution in [0, 0.1) is 0 Å². The molecule has 0 radical (unpaired) electrons. The molecule has 2 aromatic carbocycles. The Morgan fingerprint density at radius 2 is 1.70 bits per heavy atom. The number of aromatic nitrogens is 3. The Morgan fingerprint density at radius 1 is 0.889 bits per heavy atom. The van der Waals surface area contributed by atoms with Gasteiger partial charge in [0.25, 0.3) is 5.91 Å². The number of amides is 1. The van der Waals surface area contributed by atoms with Crippen LogP contribution in [0.3, 0.4) is 0 Å². The topological polar surface area (TPSA) is 67.8 Å². The first-order valence-electron chi connectivity index (χ1n) is 8.05. The van der Waals surface area contributed by atoms with Gasteiger partial charge in [0.1, 0.15) is 5.15 Å². The Bertz CT molecular complexity index is 1150. The Labute approximate surface area is 165 Å². The van der Waals surface area contributed by atoms with Crippen molar-refractivity contribution in [3.63, 3.8) is 0 Å². The molecule has 1 N–H and O–H groups in total. The summed E-state index contributed by atoms with van der Waals surface area (Å²) < 4.78 is 0. The molecule has 0 unspecified atom stereocenters. The third-order valence-electron chi connectivity index (χ3n) is 3.94. The fraction of sp³-hybridized carbons (Fsp3) is 0. The second-order valence-electron chi connectivity index (χ2n) is 5.76. The summed E-state index contributed by atoms with van der Waals surface area (Å²) in [6.07, 6.45) is 3.08. The van der Waals surface area contributed by atoms with Crippen LogP contribution in [0.15, 0.2) is 67.0 Å². The first-order valence-corrected chi connectivity index (χ1v) is 8.80. The van der Waals surface area contributed by atoms with Gasteiger partial charge >= 0.3 is 0 Å². The average molecular weight is 395 g/mol. The van der Waals surface area contributed by atoms with E-state index in [0.717, 1.165) is 11.0 Å². The Morgan fingerprint density at radius 3 is 2.48 bits per heavy atom. The van der Waals surface area contributed by atoms with Crippen molar-refractivity contribution in [1.82, 2.24) is 15.0 Å². The lowest BCUT2D eigenvalue weighted by molar-refractivity contribution is 0.102. The number of carbonyl (C=O) groups excluding carboxylic acids is 1. The van der Waals surface area contributed by atoms with Crippen LogP contribution in [-0.2, 0) is 0 Å². The lowest BCUT2D eigenvalue weighted by Crippen LogP contribution is -2.12. The van der Waals surface area contributed by atoms with Crippen LogP contribution in [0.25, 0.3) is 22.3 Å². The number of halogens is 2. The molecule has 0 atom stereocenters. The van der Waals surface area contributed by atoms with Gasteiger partial charge in [-0.25, -0.2) is 9.97 Å². The zero-order valence-corrected chi connectivity index (χ0v) is 15.4. The maximum atomic E-state index is 12.4. The second-order valence-corrected chi connectivity index (χ2v) is 6.56. The fourth-order valence-corrected chi connectivity index (χ4v) is 2.93.